The van der Waals surface area contributed by atoms with Crippen molar-refractivity contribution in [2.45, 2.75) is 84.6 Å². The first-order chi connectivity index (χ1) is 12.3. The highest BCUT2D eigenvalue weighted by molar-refractivity contribution is 5.93. The number of aromatic nitrogens is 2. The zero-order chi connectivity index (χ0) is 20.0. The Kier molecular flexibility index (Phi) is 3.47. The molecule has 4 rings (SSSR count). The Hall–Kier alpha value is -1.97. The monoisotopic (exact) mass is 365 g/mol. The molecule has 1 fully saturated rings. The van der Waals surface area contributed by atoms with E-state index in [1.165, 1.54) is 11.1 Å². The fraction of sp³-hybridized carbons (Fsp3) is 0.609. The van der Waals surface area contributed by atoms with Crippen LogP contribution in [-0.2, 0) is 15.6 Å². The van der Waals surface area contributed by atoms with E-state index < -0.39 is 5.41 Å². The molecule has 1 aromatic carbocycles. The smallest absolute Gasteiger partial charge is 0.233 e. The molecule has 2 aliphatic rings. The first-order valence-corrected chi connectivity index (χ1v) is 9.96. The van der Waals surface area contributed by atoms with E-state index in [9.17, 15) is 4.79 Å². The van der Waals surface area contributed by atoms with Crippen molar-refractivity contribution in [3.8, 4) is 0 Å². The van der Waals surface area contributed by atoms with Gasteiger partial charge in [0.05, 0.1) is 27.8 Å². The van der Waals surface area contributed by atoms with Crippen molar-refractivity contribution in [3.63, 3.8) is 0 Å². The van der Waals surface area contributed by atoms with E-state index in [1.807, 2.05) is 20.8 Å². The van der Waals surface area contributed by atoms with Gasteiger partial charge in [-0.05, 0) is 76.1 Å². The quantitative estimate of drug-likeness (QED) is 0.810. The Bertz CT molecular complexity index is 985. The number of aryl methyl sites for hydroxylation is 2. The number of hydrogen-bond donors (Lipinski definition) is 1. The standard InChI is InChI=1S/C23H31N3O/c1-13-11-15-16(12-14(13)2)25-18-17(24-15)22(8)9-10-23(18,21(22,6)7)19(27)26-20(3,4)5/h11-12H,9-10H2,1-8H3,(H,26,27). The second kappa shape index (κ2) is 5.09. The van der Waals surface area contributed by atoms with Gasteiger partial charge in [0.15, 0.2) is 0 Å². The highest BCUT2D eigenvalue weighted by atomic mass is 16.2. The topological polar surface area (TPSA) is 54.9 Å². The molecule has 1 aromatic heterocycles. The average Bonchev–Trinajstić information content (AvgIpc) is 2.82. The summed E-state index contributed by atoms with van der Waals surface area (Å²) in [6.07, 6.45) is 1.80. The van der Waals surface area contributed by atoms with Crippen LogP contribution in [0.4, 0.5) is 0 Å². The molecule has 1 heterocycles. The molecule has 2 unspecified atom stereocenters. The van der Waals surface area contributed by atoms with Gasteiger partial charge in [-0.15, -0.1) is 0 Å². The lowest BCUT2D eigenvalue weighted by Crippen LogP contribution is -2.55. The molecular weight excluding hydrogens is 334 g/mol. The Morgan fingerprint density at radius 2 is 1.48 bits per heavy atom. The highest BCUT2D eigenvalue weighted by Gasteiger charge is 2.73. The normalized spacial score (nSPS) is 28.4. The van der Waals surface area contributed by atoms with Gasteiger partial charge in [0.25, 0.3) is 0 Å². The van der Waals surface area contributed by atoms with Crippen molar-refractivity contribution < 1.29 is 4.79 Å². The maximum Gasteiger partial charge on any atom is 0.233 e. The summed E-state index contributed by atoms with van der Waals surface area (Å²) >= 11 is 0. The molecule has 4 heteroatoms. The summed E-state index contributed by atoms with van der Waals surface area (Å²) in [5.41, 5.74) is 4.92. The number of hydrogen-bond acceptors (Lipinski definition) is 3. The molecule has 1 amide bonds. The van der Waals surface area contributed by atoms with E-state index in [0.29, 0.717) is 0 Å². The SMILES string of the molecule is Cc1cc2nc3c(nc2cc1C)C1(C(=O)NC(C)(C)C)CCC3(C)C1(C)C. The van der Waals surface area contributed by atoms with Crippen LogP contribution in [0, 0.1) is 19.3 Å². The van der Waals surface area contributed by atoms with Gasteiger partial charge in [0, 0.05) is 11.0 Å². The van der Waals surface area contributed by atoms with Crippen molar-refractivity contribution in [1.29, 1.82) is 0 Å². The van der Waals surface area contributed by atoms with Crippen LogP contribution in [0.3, 0.4) is 0 Å². The molecule has 1 N–H and O–H groups in total. The third-order valence-corrected chi connectivity index (χ3v) is 7.53. The molecule has 0 radical (unpaired) electrons. The first-order valence-electron chi connectivity index (χ1n) is 9.96. The molecular formula is C23H31N3O. The van der Waals surface area contributed by atoms with E-state index in [4.69, 9.17) is 9.97 Å². The van der Waals surface area contributed by atoms with E-state index in [2.05, 4.69) is 52.1 Å². The van der Waals surface area contributed by atoms with Crippen molar-refractivity contribution in [2.24, 2.45) is 5.41 Å². The van der Waals surface area contributed by atoms with Gasteiger partial charge in [0.2, 0.25) is 5.91 Å². The van der Waals surface area contributed by atoms with E-state index in [1.54, 1.807) is 0 Å². The minimum Gasteiger partial charge on any atom is -0.351 e. The third-order valence-electron chi connectivity index (χ3n) is 7.53. The fourth-order valence-corrected chi connectivity index (χ4v) is 5.31. The highest BCUT2D eigenvalue weighted by Crippen LogP contribution is 2.70. The lowest BCUT2D eigenvalue weighted by Gasteiger charge is -2.40. The second-order valence-electron chi connectivity index (χ2n) is 10.4. The van der Waals surface area contributed by atoms with Gasteiger partial charge in [-0.1, -0.05) is 20.8 Å². The minimum absolute atomic E-state index is 0.0972. The van der Waals surface area contributed by atoms with Gasteiger partial charge in [-0.3, -0.25) is 4.79 Å². The van der Waals surface area contributed by atoms with Crippen LogP contribution in [0.2, 0.25) is 0 Å². The van der Waals surface area contributed by atoms with Gasteiger partial charge in [-0.25, -0.2) is 9.97 Å². The van der Waals surface area contributed by atoms with Crippen molar-refractivity contribution >= 4 is 16.9 Å². The summed E-state index contributed by atoms with van der Waals surface area (Å²) in [5, 5.41) is 3.26. The minimum atomic E-state index is -0.621. The zero-order valence-corrected chi connectivity index (χ0v) is 17.9. The number of benzene rings is 1. The summed E-state index contributed by atoms with van der Waals surface area (Å²) in [4.78, 5) is 23.8. The van der Waals surface area contributed by atoms with Gasteiger partial charge in [0.1, 0.15) is 0 Å². The van der Waals surface area contributed by atoms with Crippen LogP contribution < -0.4 is 5.32 Å². The number of amides is 1. The van der Waals surface area contributed by atoms with Crippen LogP contribution in [0.15, 0.2) is 12.1 Å². The van der Waals surface area contributed by atoms with E-state index in [0.717, 1.165) is 35.3 Å². The van der Waals surface area contributed by atoms with Crippen molar-refractivity contribution in [1.82, 2.24) is 15.3 Å². The molecule has 0 spiro atoms. The Balaban J connectivity index is 2.01. The van der Waals surface area contributed by atoms with Crippen LogP contribution in [0.1, 0.15) is 76.9 Å². The van der Waals surface area contributed by atoms with Crippen LogP contribution in [-0.4, -0.2) is 21.4 Å². The van der Waals surface area contributed by atoms with Crippen LogP contribution in [0.25, 0.3) is 11.0 Å². The van der Waals surface area contributed by atoms with E-state index >= 15 is 0 Å². The van der Waals surface area contributed by atoms with E-state index in [-0.39, 0.29) is 22.3 Å². The van der Waals surface area contributed by atoms with Crippen LogP contribution in [0.5, 0.6) is 0 Å². The maximum atomic E-state index is 13.6. The summed E-state index contributed by atoms with van der Waals surface area (Å²) in [7, 11) is 0. The molecule has 144 valence electrons. The third kappa shape index (κ3) is 2.13. The molecule has 1 saturated carbocycles. The Morgan fingerprint density at radius 1 is 0.963 bits per heavy atom. The molecule has 0 aliphatic heterocycles. The molecule has 2 aromatic rings. The molecule has 0 saturated heterocycles. The summed E-state index contributed by atoms with van der Waals surface area (Å²) < 4.78 is 0. The van der Waals surface area contributed by atoms with Gasteiger partial charge >= 0.3 is 0 Å². The Morgan fingerprint density at radius 3 is 2.00 bits per heavy atom. The molecule has 4 nitrogen and oxygen atoms in total. The zero-order valence-electron chi connectivity index (χ0n) is 17.9. The molecule has 2 aliphatic carbocycles. The maximum absolute atomic E-state index is 13.6. The predicted octanol–water partition coefficient (Wildman–Crippen LogP) is 4.49. The molecule has 27 heavy (non-hydrogen) atoms. The Labute approximate surface area is 162 Å². The number of nitrogens with zero attached hydrogens (tertiary/aromatic N) is 2. The lowest BCUT2D eigenvalue weighted by atomic mass is 9.63. The molecule has 2 bridgehead atoms. The summed E-state index contributed by atoms with van der Waals surface area (Å²) in [6.45, 7) is 17.1. The first kappa shape index (κ1) is 18.4. The number of carbonyl (C=O) groups excluding carboxylic acids is 1. The average molecular weight is 366 g/mol. The number of fused-ring (bicyclic) bond motifs is 6. The van der Waals surface area contributed by atoms with Crippen molar-refractivity contribution in [2.75, 3.05) is 0 Å². The summed E-state index contributed by atoms with van der Waals surface area (Å²) in [5.74, 6) is 0.0972. The van der Waals surface area contributed by atoms with Crippen LogP contribution >= 0.6 is 0 Å². The fourth-order valence-electron chi connectivity index (χ4n) is 5.31. The van der Waals surface area contributed by atoms with Gasteiger partial charge in [-0.2, -0.15) is 0 Å². The lowest BCUT2D eigenvalue weighted by molar-refractivity contribution is -0.132. The summed E-state index contributed by atoms with van der Waals surface area (Å²) in [6, 6.07) is 4.23. The number of carbonyl (C=O) groups is 1. The second-order valence-corrected chi connectivity index (χ2v) is 10.4. The van der Waals surface area contributed by atoms with Crippen molar-refractivity contribution in [3.05, 3.63) is 34.6 Å². The largest absolute Gasteiger partial charge is 0.351 e. The predicted molar refractivity (Wildman–Crippen MR) is 109 cm³/mol. The number of rotatable bonds is 1. The van der Waals surface area contributed by atoms with Gasteiger partial charge < -0.3 is 5.32 Å². The number of nitrogens with one attached hydrogen (secondary N) is 1. The molecule has 2 atom stereocenters.